The lowest BCUT2D eigenvalue weighted by Crippen LogP contribution is -2.41. The molecule has 2 saturated carbocycles. The van der Waals surface area contributed by atoms with Crippen molar-refractivity contribution in [3.05, 3.63) is 0 Å². The van der Waals surface area contributed by atoms with Crippen molar-refractivity contribution in [2.75, 3.05) is 6.54 Å². The van der Waals surface area contributed by atoms with Crippen molar-refractivity contribution >= 4 is 0 Å². The Morgan fingerprint density at radius 1 is 1.19 bits per heavy atom. The highest BCUT2D eigenvalue weighted by Gasteiger charge is 2.37. The van der Waals surface area contributed by atoms with Gasteiger partial charge in [0.1, 0.15) is 0 Å². The van der Waals surface area contributed by atoms with Crippen LogP contribution in [0.3, 0.4) is 0 Å². The molecule has 0 radical (unpaired) electrons. The zero-order chi connectivity index (χ0) is 11.4. The quantitative estimate of drug-likeness (QED) is 0.714. The van der Waals surface area contributed by atoms with E-state index in [0.29, 0.717) is 5.41 Å². The molecule has 2 fully saturated rings. The van der Waals surface area contributed by atoms with Crippen LogP contribution in [0.2, 0.25) is 0 Å². The van der Waals surface area contributed by atoms with Gasteiger partial charge in [0, 0.05) is 12.6 Å². The predicted molar refractivity (Wildman–Crippen MR) is 70.6 cm³/mol. The summed E-state index contributed by atoms with van der Waals surface area (Å²) in [4.78, 5) is 0. The lowest BCUT2D eigenvalue weighted by molar-refractivity contribution is 0.0972. The second-order valence-electron chi connectivity index (χ2n) is 6.27. The van der Waals surface area contributed by atoms with Gasteiger partial charge in [-0.2, -0.15) is 0 Å². The van der Waals surface area contributed by atoms with Gasteiger partial charge in [0.05, 0.1) is 0 Å². The van der Waals surface area contributed by atoms with Crippen LogP contribution in [0.4, 0.5) is 0 Å². The first-order valence-corrected chi connectivity index (χ1v) is 7.50. The van der Waals surface area contributed by atoms with Crippen molar-refractivity contribution in [2.45, 2.75) is 77.7 Å². The fraction of sp³-hybridized carbons (Fsp3) is 1.00. The molecule has 1 unspecified atom stereocenters. The van der Waals surface area contributed by atoms with E-state index in [2.05, 4.69) is 19.2 Å². The van der Waals surface area contributed by atoms with E-state index in [1.54, 1.807) is 0 Å². The van der Waals surface area contributed by atoms with Gasteiger partial charge in [-0.15, -0.1) is 0 Å². The van der Waals surface area contributed by atoms with Crippen LogP contribution in [0.1, 0.15) is 71.6 Å². The molecule has 2 aliphatic rings. The summed E-state index contributed by atoms with van der Waals surface area (Å²) in [6, 6.07) is 0.882. The lowest BCUT2D eigenvalue weighted by Gasteiger charge is -2.43. The Morgan fingerprint density at radius 2 is 1.88 bits per heavy atom. The molecule has 2 rings (SSSR count). The van der Waals surface area contributed by atoms with E-state index in [1.807, 2.05) is 0 Å². The lowest BCUT2D eigenvalue weighted by atomic mass is 9.65. The Morgan fingerprint density at radius 3 is 2.44 bits per heavy atom. The van der Waals surface area contributed by atoms with E-state index in [-0.39, 0.29) is 0 Å². The van der Waals surface area contributed by atoms with Crippen LogP contribution >= 0.6 is 0 Å². The van der Waals surface area contributed by atoms with Gasteiger partial charge in [-0.05, 0) is 37.0 Å². The van der Waals surface area contributed by atoms with Crippen LogP contribution in [0.15, 0.2) is 0 Å². The summed E-state index contributed by atoms with van der Waals surface area (Å²) in [5.41, 5.74) is 0.650. The Labute approximate surface area is 101 Å². The van der Waals surface area contributed by atoms with Gasteiger partial charge in [-0.3, -0.25) is 0 Å². The molecule has 16 heavy (non-hydrogen) atoms. The molecule has 0 aliphatic heterocycles. The molecule has 1 N–H and O–H groups in total. The van der Waals surface area contributed by atoms with Crippen molar-refractivity contribution in [1.82, 2.24) is 5.32 Å². The van der Waals surface area contributed by atoms with E-state index in [0.717, 1.165) is 12.0 Å². The Balaban J connectivity index is 1.91. The summed E-state index contributed by atoms with van der Waals surface area (Å²) in [6.07, 6.45) is 13.0. The highest BCUT2D eigenvalue weighted by atomic mass is 15.0. The third kappa shape index (κ3) is 3.00. The number of nitrogens with one attached hydrogen (secondary N) is 1. The fourth-order valence-corrected chi connectivity index (χ4v) is 3.47. The first-order chi connectivity index (χ1) is 7.77. The normalized spacial score (nSPS) is 26.6. The summed E-state index contributed by atoms with van der Waals surface area (Å²) in [7, 11) is 0. The van der Waals surface area contributed by atoms with Crippen molar-refractivity contribution in [3.63, 3.8) is 0 Å². The first kappa shape index (κ1) is 12.4. The molecule has 0 saturated heterocycles. The van der Waals surface area contributed by atoms with Gasteiger partial charge in [-0.25, -0.2) is 0 Å². The van der Waals surface area contributed by atoms with Crippen molar-refractivity contribution in [1.29, 1.82) is 0 Å². The van der Waals surface area contributed by atoms with E-state index in [4.69, 9.17) is 0 Å². The minimum absolute atomic E-state index is 0.650. The molecule has 0 bridgehead atoms. The molecule has 0 aromatic carbocycles. The summed E-state index contributed by atoms with van der Waals surface area (Å²) in [6.45, 7) is 6.14. The Bertz CT molecular complexity index is 201. The SMILES string of the molecule is CCCC(C)C1(CNC2CC2)CCCCC1. The molecule has 0 heterocycles. The summed E-state index contributed by atoms with van der Waals surface area (Å²) < 4.78 is 0. The second kappa shape index (κ2) is 5.53. The number of rotatable bonds is 6. The third-order valence-corrected chi connectivity index (χ3v) is 4.94. The van der Waals surface area contributed by atoms with Gasteiger partial charge >= 0.3 is 0 Å². The van der Waals surface area contributed by atoms with Gasteiger partial charge in [0.15, 0.2) is 0 Å². The number of hydrogen-bond donors (Lipinski definition) is 1. The molecule has 0 spiro atoms. The van der Waals surface area contributed by atoms with E-state index >= 15 is 0 Å². The maximum atomic E-state index is 3.81. The smallest absolute Gasteiger partial charge is 0.00684 e. The zero-order valence-corrected chi connectivity index (χ0v) is 11.2. The maximum absolute atomic E-state index is 3.81. The van der Waals surface area contributed by atoms with E-state index in [9.17, 15) is 0 Å². The Kier molecular flexibility index (Phi) is 4.29. The molecule has 2 aliphatic carbocycles. The van der Waals surface area contributed by atoms with Gasteiger partial charge in [0.2, 0.25) is 0 Å². The van der Waals surface area contributed by atoms with Crippen LogP contribution in [-0.4, -0.2) is 12.6 Å². The first-order valence-electron chi connectivity index (χ1n) is 7.50. The van der Waals surface area contributed by atoms with Gasteiger partial charge in [-0.1, -0.05) is 46.0 Å². The molecule has 0 aromatic heterocycles. The summed E-state index contributed by atoms with van der Waals surface area (Å²) >= 11 is 0. The molecular formula is C15H29N. The summed E-state index contributed by atoms with van der Waals surface area (Å²) in [5, 5.41) is 3.81. The van der Waals surface area contributed by atoms with E-state index < -0.39 is 0 Å². The van der Waals surface area contributed by atoms with Gasteiger partial charge in [0.25, 0.3) is 0 Å². The predicted octanol–water partition coefficient (Wildman–Crippen LogP) is 4.13. The minimum atomic E-state index is 0.650. The third-order valence-electron chi connectivity index (χ3n) is 4.94. The molecule has 0 amide bonds. The fourth-order valence-electron chi connectivity index (χ4n) is 3.47. The van der Waals surface area contributed by atoms with Crippen molar-refractivity contribution < 1.29 is 0 Å². The van der Waals surface area contributed by atoms with Crippen LogP contribution in [-0.2, 0) is 0 Å². The van der Waals surface area contributed by atoms with Gasteiger partial charge < -0.3 is 5.32 Å². The maximum Gasteiger partial charge on any atom is 0.00684 e. The molecule has 94 valence electrons. The molecule has 1 heteroatoms. The Hall–Kier alpha value is -0.0400. The highest BCUT2D eigenvalue weighted by Crippen LogP contribution is 2.44. The van der Waals surface area contributed by atoms with Crippen LogP contribution in [0.5, 0.6) is 0 Å². The zero-order valence-electron chi connectivity index (χ0n) is 11.2. The molecule has 0 aromatic rings. The largest absolute Gasteiger partial charge is 0.313 e. The summed E-state index contributed by atoms with van der Waals surface area (Å²) in [5.74, 6) is 0.920. The standard InChI is InChI=1S/C15H29N/c1-3-7-13(2)15(10-5-4-6-11-15)12-16-14-8-9-14/h13-14,16H,3-12H2,1-2H3. The average molecular weight is 223 g/mol. The molecular weight excluding hydrogens is 194 g/mol. The second-order valence-corrected chi connectivity index (χ2v) is 6.27. The molecule has 1 nitrogen and oxygen atoms in total. The van der Waals surface area contributed by atoms with Crippen LogP contribution in [0, 0.1) is 11.3 Å². The topological polar surface area (TPSA) is 12.0 Å². The van der Waals surface area contributed by atoms with Crippen LogP contribution < -0.4 is 5.32 Å². The van der Waals surface area contributed by atoms with E-state index in [1.165, 1.54) is 64.3 Å². The van der Waals surface area contributed by atoms with Crippen molar-refractivity contribution in [2.24, 2.45) is 11.3 Å². The average Bonchev–Trinajstić information content (AvgIpc) is 3.12. The molecule has 1 atom stereocenters. The van der Waals surface area contributed by atoms with Crippen LogP contribution in [0.25, 0.3) is 0 Å². The highest BCUT2D eigenvalue weighted by molar-refractivity contribution is 4.92. The minimum Gasteiger partial charge on any atom is -0.313 e. The monoisotopic (exact) mass is 223 g/mol. The van der Waals surface area contributed by atoms with Crippen molar-refractivity contribution in [3.8, 4) is 0 Å². The number of hydrogen-bond acceptors (Lipinski definition) is 1.